The summed E-state index contributed by atoms with van der Waals surface area (Å²) in [7, 11) is 0. The summed E-state index contributed by atoms with van der Waals surface area (Å²) in [4.78, 5) is 25.4. The third-order valence-corrected chi connectivity index (χ3v) is 6.39. The van der Waals surface area contributed by atoms with E-state index in [0.717, 1.165) is 42.7 Å². The van der Waals surface area contributed by atoms with Crippen molar-refractivity contribution < 1.29 is 23.8 Å². The fourth-order valence-electron chi connectivity index (χ4n) is 4.21. The molecule has 1 unspecified atom stereocenters. The van der Waals surface area contributed by atoms with E-state index in [1.165, 1.54) is 32.1 Å². The Kier molecular flexibility index (Phi) is 11.9. The van der Waals surface area contributed by atoms with Gasteiger partial charge in [-0.3, -0.25) is 0 Å². The maximum absolute atomic E-state index is 12.8. The highest BCUT2D eigenvalue weighted by molar-refractivity contribution is 5.96. The van der Waals surface area contributed by atoms with Crippen LogP contribution in [0.15, 0.2) is 72.8 Å². The fourth-order valence-corrected chi connectivity index (χ4v) is 4.21. The van der Waals surface area contributed by atoms with Crippen LogP contribution < -0.4 is 9.47 Å². The molecule has 3 aromatic rings. The van der Waals surface area contributed by atoms with Crippen molar-refractivity contribution in [2.45, 2.75) is 78.2 Å². The number of carbonyl (C=O) groups excluding carboxylic acids is 2. The smallest absolute Gasteiger partial charge is 0.343 e. The van der Waals surface area contributed by atoms with E-state index in [4.69, 9.17) is 14.2 Å². The Morgan fingerprint density at radius 3 is 2.03 bits per heavy atom. The van der Waals surface area contributed by atoms with Gasteiger partial charge in [0.05, 0.1) is 18.3 Å². The number of para-hydroxylation sites is 1. The van der Waals surface area contributed by atoms with Gasteiger partial charge in [0.15, 0.2) is 0 Å². The first-order chi connectivity index (χ1) is 18.5. The summed E-state index contributed by atoms with van der Waals surface area (Å²) < 4.78 is 16.9. The van der Waals surface area contributed by atoms with Gasteiger partial charge >= 0.3 is 11.9 Å². The molecule has 38 heavy (non-hydrogen) atoms. The summed E-state index contributed by atoms with van der Waals surface area (Å²) in [5.41, 5.74) is 2.65. The quantitative estimate of drug-likeness (QED) is 0.115. The molecule has 0 aliphatic rings. The summed E-state index contributed by atoms with van der Waals surface area (Å²) in [5.74, 6) is 0.0246. The number of rotatable bonds is 15. The second kappa shape index (κ2) is 15.6. The molecule has 0 saturated carbocycles. The van der Waals surface area contributed by atoms with E-state index in [9.17, 15) is 9.59 Å². The predicted molar refractivity (Wildman–Crippen MR) is 152 cm³/mol. The maximum atomic E-state index is 12.8. The van der Waals surface area contributed by atoms with Crippen molar-refractivity contribution in [1.82, 2.24) is 0 Å². The van der Waals surface area contributed by atoms with Crippen molar-refractivity contribution >= 4 is 11.9 Å². The lowest BCUT2D eigenvalue weighted by molar-refractivity contribution is 0.0319. The average Bonchev–Trinajstić information content (AvgIpc) is 2.93. The molecule has 0 aliphatic heterocycles. The molecular formula is C33H40O5. The molecule has 5 heteroatoms. The van der Waals surface area contributed by atoms with Gasteiger partial charge in [0, 0.05) is 0 Å². The zero-order chi connectivity index (χ0) is 27.2. The highest BCUT2D eigenvalue weighted by Gasteiger charge is 2.19. The SMILES string of the molecule is CCCCCCCCOc1ccc(-c2ccc(C(=O)Oc3ccccc3C(=O)OC(C)CCC)cc2)cc1. The molecule has 3 aromatic carbocycles. The zero-order valence-electron chi connectivity index (χ0n) is 22.9. The molecule has 3 rings (SSSR count). The van der Waals surface area contributed by atoms with Gasteiger partial charge in [0.25, 0.3) is 0 Å². The Balaban J connectivity index is 1.55. The van der Waals surface area contributed by atoms with E-state index in [-0.39, 0.29) is 17.4 Å². The van der Waals surface area contributed by atoms with Gasteiger partial charge in [-0.25, -0.2) is 9.59 Å². The molecule has 0 aromatic heterocycles. The van der Waals surface area contributed by atoms with Gasteiger partial charge in [-0.2, -0.15) is 0 Å². The first-order valence-electron chi connectivity index (χ1n) is 13.9. The number of hydrogen-bond acceptors (Lipinski definition) is 5. The highest BCUT2D eigenvalue weighted by Crippen LogP contribution is 2.25. The first-order valence-corrected chi connectivity index (χ1v) is 13.9. The Bertz CT molecular complexity index is 1130. The summed E-state index contributed by atoms with van der Waals surface area (Å²) >= 11 is 0. The lowest BCUT2D eigenvalue weighted by atomic mass is 10.0. The lowest BCUT2D eigenvalue weighted by Gasteiger charge is -2.14. The van der Waals surface area contributed by atoms with Crippen molar-refractivity contribution in [1.29, 1.82) is 0 Å². The van der Waals surface area contributed by atoms with Crippen LogP contribution in [0, 0.1) is 0 Å². The number of esters is 2. The molecule has 0 amide bonds. The molecule has 0 saturated heterocycles. The van der Waals surface area contributed by atoms with Crippen molar-refractivity contribution in [3.05, 3.63) is 83.9 Å². The number of hydrogen-bond donors (Lipinski definition) is 0. The predicted octanol–water partition coefficient (Wildman–Crippen LogP) is 8.66. The number of ether oxygens (including phenoxy) is 3. The standard InChI is InChI=1S/C33H40O5/c1-4-6-7-8-9-12-24-36-29-22-20-27(21-23-29)26-16-18-28(19-17-26)32(34)38-31-15-11-10-14-30(31)33(35)37-25(3)13-5-2/h10-11,14-23,25H,4-9,12-13,24H2,1-3H3. The van der Waals surface area contributed by atoms with Crippen molar-refractivity contribution in [2.75, 3.05) is 6.61 Å². The molecule has 0 fully saturated rings. The summed E-state index contributed by atoms with van der Waals surface area (Å²) in [6, 6.07) is 21.9. The number of unbranched alkanes of at least 4 members (excludes halogenated alkanes) is 5. The molecule has 0 bridgehead atoms. The topological polar surface area (TPSA) is 61.8 Å². The Morgan fingerprint density at radius 2 is 1.34 bits per heavy atom. The van der Waals surface area contributed by atoms with Gasteiger partial charge in [-0.15, -0.1) is 0 Å². The second-order valence-corrected chi connectivity index (χ2v) is 9.61. The molecule has 0 aliphatic carbocycles. The second-order valence-electron chi connectivity index (χ2n) is 9.61. The van der Waals surface area contributed by atoms with Crippen LogP contribution in [0.2, 0.25) is 0 Å². The highest BCUT2D eigenvalue weighted by atomic mass is 16.6. The van der Waals surface area contributed by atoms with Gasteiger partial charge < -0.3 is 14.2 Å². The van der Waals surface area contributed by atoms with Crippen LogP contribution >= 0.6 is 0 Å². The molecule has 0 spiro atoms. The van der Waals surface area contributed by atoms with E-state index in [0.29, 0.717) is 5.56 Å². The van der Waals surface area contributed by atoms with Gasteiger partial charge in [0.2, 0.25) is 0 Å². The molecule has 1 atom stereocenters. The largest absolute Gasteiger partial charge is 0.494 e. The molecule has 0 heterocycles. The van der Waals surface area contributed by atoms with Gasteiger partial charge in [0.1, 0.15) is 17.1 Å². The summed E-state index contributed by atoms with van der Waals surface area (Å²) in [6.07, 6.45) is 8.93. The number of carbonyl (C=O) groups is 2. The Morgan fingerprint density at radius 1 is 0.711 bits per heavy atom. The van der Waals surface area contributed by atoms with Gasteiger partial charge in [-0.1, -0.05) is 88.8 Å². The van der Waals surface area contributed by atoms with E-state index in [1.54, 1.807) is 36.4 Å². The third-order valence-electron chi connectivity index (χ3n) is 6.39. The van der Waals surface area contributed by atoms with Crippen LogP contribution in [0.3, 0.4) is 0 Å². The lowest BCUT2D eigenvalue weighted by Crippen LogP contribution is -2.17. The Hall–Kier alpha value is -3.60. The van der Waals surface area contributed by atoms with Crippen molar-refractivity contribution in [3.63, 3.8) is 0 Å². The van der Waals surface area contributed by atoms with Crippen molar-refractivity contribution in [2.24, 2.45) is 0 Å². The van der Waals surface area contributed by atoms with E-state index in [1.807, 2.05) is 50.2 Å². The van der Waals surface area contributed by atoms with Crippen LogP contribution in [-0.2, 0) is 4.74 Å². The van der Waals surface area contributed by atoms with Crippen LogP contribution in [0.5, 0.6) is 11.5 Å². The maximum Gasteiger partial charge on any atom is 0.343 e. The summed E-state index contributed by atoms with van der Waals surface area (Å²) in [6.45, 7) is 6.86. The van der Waals surface area contributed by atoms with Gasteiger partial charge in [-0.05, 0) is 67.3 Å². The summed E-state index contributed by atoms with van der Waals surface area (Å²) in [5, 5.41) is 0. The third kappa shape index (κ3) is 9.05. The molecular weight excluding hydrogens is 476 g/mol. The minimum absolute atomic E-state index is 0.187. The first kappa shape index (κ1) is 29.0. The van der Waals surface area contributed by atoms with Crippen LogP contribution in [0.4, 0.5) is 0 Å². The molecule has 202 valence electrons. The van der Waals surface area contributed by atoms with E-state index < -0.39 is 11.9 Å². The molecule has 5 nitrogen and oxygen atoms in total. The minimum Gasteiger partial charge on any atom is -0.494 e. The fraction of sp³-hybridized carbons (Fsp3) is 0.394. The number of benzene rings is 3. The molecule has 0 N–H and O–H groups in total. The Labute approximate surface area is 227 Å². The average molecular weight is 517 g/mol. The van der Waals surface area contributed by atoms with E-state index >= 15 is 0 Å². The van der Waals surface area contributed by atoms with Crippen LogP contribution in [0.1, 0.15) is 92.9 Å². The van der Waals surface area contributed by atoms with Crippen LogP contribution in [0.25, 0.3) is 11.1 Å². The van der Waals surface area contributed by atoms with Crippen LogP contribution in [-0.4, -0.2) is 24.6 Å². The van der Waals surface area contributed by atoms with Crippen molar-refractivity contribution in [3.8, 4) is 22.6 Å². The van der Waals surface area contributed by atoms with E-state index in [2.05, 4.69) is 6.92 Å². The zero-order valence-corrected chi connectivity index (χ0v) is 22.9. The minimum atomic E-state index is -0.531. The normalized spacial score (nSPS) is 11.6. The monoisotopic (exact) mass is 516 g/mol. The molecule has 0 radical (unpaired) electrons.